The van der Waals surface area contributed by atoms with Gasteiger partial charge in [0.1, 0.15) is 0 Å². The Kier molecular flexibility index (Phi) is 5.21. The van der Waals surface area contributed by atoms with E-state index in [0.717, 1.165) is 29.9 Å². The van der Waals surface area contributed by atoms with Crippen molar-refractivity contribution < 1.29 is 4.52 Å². The molecule has 1 heterocycles. The van der Waals surface area contributed by atoms with Crippen LogP contribution in [0, 0.1) is 0 Å². The van der Waals surface area contributed by atoms with Crippen molar-refractivity contribution in [3.8, 4) is 11.4 Å². The summed E-state index contributed by atoms with van der Waals surface area (Å²) in [5, 5.41) is 4.24. The van der Waals surface area contributed by atoms with Crippen LogP contribution in [0.25, 0.3) is 11.4 Å². The van der Waals surface area contributed by atoms with Crippen molar-refractivity contribution in [1.82, 2.24) is 10.1 Å². The van der Waals surface area contributed by atoms with Crippen molar-refractivity contribution in [2.24, 2.45) is 5.73 Å². The predicted molar refractivity (Wildman–Crippen MR) is 101 cm³/mol. The first-order valence-corrected chi connectivity index (χ1v) is 8.51. The Morgan fingerprint density at radius 3 is 2.28 bits per heavy atom. The summed E-state index contributed by atoms with van der Waals surface area (Å²) in [6, 6.07) is 18.6. The van der Waals surface area contributed by atoms with Crippen LogP contribution in [0.5, 0.6) is 0 Å². The van der Waals surface area contributed by atoms with E-state index in [1.165, 1.54) is 18.4 Å². The average molecular weight is 356 g/mol. The van der Waals surface area contributed by atoms with E-state index in [1.54, 1.807) is 0 Å². The second kappa shape index (κ2) is 7.38. The highest BCUT2D eigenvalue weighted by atomic mass is 35.5. The zero-order valence-electron chi connectivity index (χ0n) is 14.0. The Bertz CT molecular complexity index is 808. The Labute approximate surface area is 153 Å². The average Bonchev–Trinajstić information content (AvgIpc) is 3.33. The smallest absolute Gasteiger partial charge is 0.237 e. The van der Waals surface area contributed by atoms with Gasteiger partial charge in [-0.2, -0.15) is 4.98 Å². The molecule has 4 nitrogen and oxygen atoms in total. The van der Waals surface area contributed by atoms with Crippen LogP contribution in [0.1, 0.15) is 42.7 Å². The molecule has 130 valence electrons. The first-order chi connectivity index (χ1) is 11.8. The highest BCUT2D eigenvalue weighted by Crippen LogP contribution is 2.45. The summed E-state index contributed by atoms with van der Waals surface area (Å²) in [7, 11) is 0. The molecule has 1 aromatic heterocycles. The Morgan fingerprint density at radius 2 is 1.64 bits per heavy atom. The molecule has 1 fully saturated rings. The van der Waals surface area contributed by atoms with Crippen LogP contribution < -0.4 is 5.73 Å². The van der Waals surface area contributed by atoms with Crippen LogP contribution >= 0.6 is 12.4 Å². The summed E-state index contributed by atoms with van der Waals surface area (Å²) in [4.78, 5) is 4.76. The molecule has 0 saturated heterocycles. The number of aromatic nitrogens is 2. The number of rotatable bonds is 4. The predicted octanol–water partition coefficient (Wildman–Crippen LogP) is 4.48. The van der Waals surface area contributed by atoms with E-state index < -0.39 is 0 Å². The minimum absolute atomic E-state index is 0. The van der Waals surface area contributed by atoms with E-state index in [2.05, 4.69) is 29.4 Å². The lowest BCUT2D eigenvalue weighted by atomic mass is 9.79. The quantitative estimate of drug-likeness (QED) is 0.749. The van der Waals surface area contributed by atoms with Crippen LogP contribution in [0.3, 0.4) is 0 Å². The summed E-state index contributed by atoms with van der Waals surface area (Å²) < 4.78 is 5.73. The fourth-order valence-electron chi connectivity index (χ4n) is 3.69. The van der Waals surface area contributed by atoms with E-state index in [-0.39, 0.29) is 17.8 Å². The molecule has 0 atom stereocenters. The third kappa shape index (κ3) is 3.20. The summed E-state index contributed by atoms with van der Waals surface area (Å²) in [6.45, 7) is 0.537. The van der Waals surface area contributed by atoms with Crippen molar-refractivity contribution in [3.05, 3.63) is 71.6 Å². The number of nitrogens with zero attached hydrogens (tertiary/aromatic N) is 2. The largest absolute Gasteiger partial charge is 0.338 e. The van der Waals surface area contributed by atoms with Gasteiger partial charge in [0.25, 0.3) is 0 Å². The molecule has 2 N–H and O–H groups in total. The first-order valence-electron chi connectivity index (χ1n) is 8.51. The van der Waals surface area contributed by atoms with Crippen molar-refractivity contribution in [3.63, 3.8) is 0 Å². The molecule has 0 amide bonds. The van der Waals surface area contributed by atoms with Crippen LogP contribution in [-0.4, -0.2) is 10.1 Å². The minimum Gasteiger partial charge on any atom is -0.338 e. The fourth-order valence-corrected chi connectivity index (χ4v) is 3.69. The van der Waals surface area contributed by atoms with Crippen LogP contribution in [0.15, 0.2) is 59.1 Å². The molecule has 0 spiro atoms. The number of nitrogens with two attached hydrogens (primary N) is 1. The van der Waals surface area contributed by atoms with Gasteiger partial charge in [-0.05, 0) is 24.0 Å². The molecule has 5 heteroatoms. The summed E-state index contributed by atoms with van der Waals surface area (Å²) in [6.07, 6.45) is 4.51. The minimum atomic E-state index is -0.135. The molecule has 2 aromatic carbocycles. The molecule has 3 aromatic rings. The van der Waals surface area contributed by atoms with E-state index in [9.17, 15) is 0 Å². The maximum absolute atomic E-state index is 5.73. The molecular weight excluding hydrogens is 334 g/mol. The topological polar surface area (TPSA) is 64.9 Å². The Balaban J connectivity index is 0.00000182. The van der Waals surface area contributed by atoms with Gasteiger partial charge in [0, 0.05) is 12.1 Å². The molecule has 0 radical (unpaired) electrons. The number of hydrogen-bond acceptors (Lipinski definition) is 4. The zero-order valence-corrected chi connectivity index (χ0v) is 14.8. The lowest BCUT2D eigenvalue weighted by Crippen LogP contribution is -2.24. The standard InChI is InChI=1S/C20H21N3O.ClH/c21-14-15-8-10-16(11-9-15)18-22-19(24-23-18)20(12-4-5-13-20)17-6-2-1-3-7-17;/h1-3,6-11H,4-5,12-14,21H2;1H. The van der Waals surface area contributed by atoms with Crippen molar-refractivity contribution in [2.45, 2.75) is 37.6 Å². The molecule has 0 bridgehead atoms. The Hall–Kier alpha value is -2.17. The van der Waals surface area contributed by atoms with Crippen LogP contribution in [-0.2, 0) is 12.0 Å². The third-order valence-corrected chi connectivity index (χ3v) is 5.07. The van der Waals surface area contributed by atoms with Crippen LogP contribution in [0.2, 0.25) is 0 Å². The van der Waals surface area contributed by atoms with Gasteiger partial charge in [-0.3, -0.25) is 0 Å². The summed E-state index contributed by atoms with van der Waals surface area (Å²) >= 11 is 0. The van der Waals surface area contributed by atoms with Gasteiger partial charge in [0.15, 0.2) is 0 Å². The molecule has 0 aliphatic heterocycles. The summed E-state index contributed by atoms with van der Waals surface area (Å²) in [5.74, 6) is 1.39. The molecule has 1 saturated carbocycles. The SMILES string of the molecule is Cl.NCc1ccc(-c2noc(C3(c4ccccc4)CCCC3)n2)cc1. The van der Waals surface area contributed by atoms with Gasteiger partial charge in [0.2, 0.25) is 11.7 Å². The maximum atomic E-state index is 5.73. The lowest BCUT2D eigenvalue weighted by Gasteiger charge is -2.25. The molecule has 1 aliphatic carbocycles. The normalized spacial score (nSPS) is 15.7. The van der Waals surface area contributed by atoms with Crippen molar-refractivity contribution in [1.29, 1.82) is 0 Å². The highest BCUT2D eigenvalue weighted by molar-refractivity contribution is 5.85. The number of benzene rings is 2. The van der Waals surface area contributed by atoms with Gasteiger partial charge in [0.05, 0.1) is 5.41 Å². The molecule has 0 unspecified atom stereocenters. The van der Waals surface area contributed by atoms with E-state index in [1.807, 2.05) is 30.3 Å². The van der Waals surface area contributed by atoms with Gasteiger partial charge >= 0.3 is 0 Å². The number of hydrogen-bond donors (Lipinski definition) is 1. The van der Waals surface area contributed by atoms with E-state index in [0.29, 0.717) is 12.4 Å². The fraction of sp³-hybridized carbons (Fsp3) is 0.300. The second-order valence-corrected chi connectivity index (χ2v) is 6.48. The summed E-state index contributed by atoms with van der Waals surface area (Å²) in [5.41, 5.74) is 8.85. The number of halogens is 1. The highest BCUT2D eigenvalue weighted by Gasteiger charge is 2.42. The van der Waals surface area contributed by atoms with Crippen LogP contribution in [0.4, 0.5) is 0 Å². The zero-order chi connectivity index (χ0) is 16.4. The second-order valence-electron chi connectivity index (χ2n) is 6.48. The van der Waals surface area contributed by atoms with Crippen molar-refractivity contribution in [2.75, 3.05) is 0 Å². The van der Waals surface area contributed by atoms with E-state index >= 15 is 0 Å². The van der Waals surface area contributed by atoms with Gasteiger partial charge in [-0.1, -0.05) is 72.6 Å². The molecule has 25 heavy (non-hydrogen) atoms. The molecular formula is C20H22ClN3O. The monoisotopic (exact) mass is 355 g/mol. The third-order valence-electron chi connectivity index (χ3n) is 5.07. The first kappa shape index (κ1) is 17.6. The van der Waals surface area contributed by atoms with Gasteiger partial charge < -0.3 is 10.3 Å². The lowest BCUT2D eigenvalue weighted by molar-refractivity contribution is 0.311. The van der Waals surface area contributed by atoms with E-state index in [4.69, 9.17) is 15.2 Å². The maximum Gasteiger partial charge on any atom is 0.237 e. The Morgan fingerprint density at radius 1 is 0.960 bits per heavy atom. The molecule has 1 aliphatic rings. The van der Waals surface area contributed by atoms with Gasteiger partial charge in [-0.25, -0.2) is 0 Å². The molecule has 4 rings (SSSR count). The van der Waals surface area contributed by atoms with Crippen molar-refractivity contribution >= 4 is 12.4 Å². The van der Waals surface area contributed by atoms with Gasteiger partial charge in [-0.15, -0.1) is 12.4 Å².